The van der Waals surface area contributed by atoms with Gasteiger partial charge in [-0.25, -0.2) is 9.78 Å². The molecule has 2 aromatic rings. The maximum Gasteiger partial charge on any atom is 0.327 e. The van der Waals surface area contributed by atoms with Crippen molar-refractivity contribution >= 4 is 34.5 Å². The third-order valence-electron chi connectivity index (χ3n) is 3.04. The van der Waals surface area contributed by atoms with Crippen molar-refractivity contribution in [1.82, 2.24) is 4.98 Å². The fourth-order valence-electron chi connectivity index (χ4n) is 2.17. The molecule has 1 aliphatic rings. The van der Waals surface area contributed by atoms with E-state index < -0.39 is 12.0 Å². The molecule has 0 aromatic carbocycles. The second-order valence-electron chi connectivity index (χ2n) is 4.09. The number of aliphatic carboxylic acids is 1. The maximum atomic E-state index is 11.3. The van der Waals surface area contributed by atoms with Crippen molar-refractivity contribution in [3.63, 3.8) is 0 Å². The van der Waals surface area contributed by atoms with Crippen LogP contribution in [0.1, 0.15) is 0 Å². The number of furan rings is 1. The largest absolute Gasteiger partial charge is 0.480 e. The summed E-state index contributed by atoms with van der Waals surface area (Å²) >= 11 is 1.66. The van der Waals surface area contributed by atoms with Gasteiger partial charge >= 0.3 is 5.97 Å². The van der Waals surface area contributed by atoms with Crippen molar-refractivity contribution in [3.8, 4) is 0 Å². The van der Waals surface area contributed by atoms with Crippen molar-refractivity contribution in [2.75, 3.05) is 23.0 Å². The van der Waals surface area contributed by atoms with Crippen LogP contribution < -0.4 is 4.90 Å². The molecule has 0 bridgehead atoms. The van der Waals surface area contributed by atoms with Crippen LogP contribution in [0.4, 0.5) is 5.82 Å². The van der Waals surface area contributed by atoms with E-state index in [0.717, 1.165) is 16.7 Å². The van der Waals surface area contributed by atoms with Gasteiger partial charge in [-0.1, -0.05) is 0 Å². The monoisotopic (exact) mass is 264 g/mol. The third kappa shape index (κ3) is 1.82. The molecule has 3 heterocycles. The lowest BCUT2D eigenvalue weighted by molar-refractivity contribution is -0.138. The van der Waals surface area contributed by atoms with E-state index in [4.69, 9.17) is 4.42 Å². The molecule has 0 spiro atoms. The standard InChI is InChI=1S/C12H12N2O3S/c15-12(16)9-7-18-6-4-14(9)11-8-2-5-17-10(8)1-3-13-11/h1-3,5,9H,4,6-7H2,(H,15,16). The highest BCUT2D eigenvalue weighted by Crippen LogP contribution is 2.29. The third-order valence-corrected chi connectivity index (χ3v) is 4.07. The molecule has 0 saturated carbocycles. The minimum Gasteiger partial charge on any atom is -0.480 e. The zero-order valence-electron chi connectivity index (χ0n) is 9.57. The minimum absolute atomic E-state index is 0.517. The SMILES string of the molecule is O=C(O)C1CSCCN1c1nccc2occc12. The number of carbonyl (C=O) groups is 1. The second-order valence-corrected chi connectivity index (χ2v) is 5.24. The topological polar surface area (TPSA) is 66.6 Å². The lowest BCUT2D eigenvalue weighted by Gasteiger charge is -2.33. The smallest absolute Gasteiger partial charge is 0.327 e. The Bertz CT molecular complexity index is 583. The Morgan fingerprint density at radius 3 is 3.28 bits per heavy atom. The molecule has 1 fully saturated rings. The first-order valence-electron chi connectivity index (χ1n) is 5.67. The molecule has 1 N–H and O–H groups in total. The Kier molecular flexibility index (Phi) is 2.87. The molecule has 94 valence electrons. The number of carboxylic acids is 1. The Labute approximate surface area is 108 Å². The summed E-state index contributed by atoms with van der Waals surface area (Å²) in [6.07, 6.45) is 3.26. The van der Waals surface area contributed by atoms with Gasteiger partial charge in [0.15, 0.2) is 0 Å². The molecule has 1 unspecified atom stereocenters. The number of rotatable bonds is 2. The van der Waals surface area contributed by atoms with Crippen molar-refractivity contribution in [2.24, 2.45) is 0 Å². The molecule has 1 aliphatic heterocycles. The average molecular weight is 264 g/mol. The van der Waals surface area contributed by atoms with Gasteiger partial charge in [0, 0.05) is 24.2 Å². The van der Waals surface area contributed by atoms with E-state index >= 15 is 0 Å². The fourth-order valence-corrected chi connectivity index (χ4v) is 3.21. The zero-order valence-corrected chi connectivity index (χ0v) is 10.4. The Morgan fingerprint density at radius 2 is 2.44 bits per heavy atom. The first kappa shape index (κ1) is 11.4. The summed E-state index contributed by atoms with van der Waals surface area (Å²) in [5.74, 6) is 1.41. The van der Waals surface area contributed by atoms with Crippen molar-refractivity contribution in [3.05, 3.63) is 24.6 Å². The minimum atomic E-state index is -0.801. The number of anilines is 1. The molecule has 0 radical (unpaired) electrons. The first-order chi connectivity index (χ1) is 8.77. The van der Waals surface area contributed by atoms with E-state index in [0.29, 0.717) is 18.1 Å². The highest BCUT2D eigenvalue weighted by Gasteiger charge is 2.30. The van der Waals surface area contributed by atoms with Crippen molar-refractivity contribution in [2.45, 2.75) is 6.04 Å². The summed E-state index contributed by atoms with van der Waals surface area (Å²) in [4.78, 5) is 17.5. The Morgan fingerprint density at radius 1 is 1.56 bits per heavy atom. The van der Waals surface area contributed by atoms with Crippen molar-refractivity contribution < 1.29 is 14.3 Å². The summed E-state index contributed by atoms with van der Waals surface area (Å²) in [5, 5.41) is 10.2. The number of hydrogen-bond acceptors (Lipinski definition) is 5. The predicted octanol–water partition coefficient (Wildman–Crippen LogP) is 1.83. The van der Waals surface area contributed by atoms with E-state index in [1.165, 1.54) is 0 Å². The summed E-state index contributed by atoms with van der Waals surface area (Å²) < 4.78 is 5.33. The van der Waals surface area contributed by atoms with Gasteiger partial charge < -0.3 is 14.4 Å². The zero-order chi connectivity index (χ0) is 12.5. The number of aromatic nitrogens is 1. The summed E-state index contributed by atoms with van der Waals surface area (Å²) in [6.45, 7) is 0.693. The lowest BCUT2D eigenvalue weighted by Crippen LogP contribution is -2.47. The summed E-state index contributed by atoms with van der Waals surface area (Å²) in [6, 6.07) is 3.10. The molecule has 1 atom stereocenters. The van der Waals surface area contributed by atoms with Crippen LogP contribution in [0.5, 0.6) is 0 Å². The molecule has 2 aromatic heterocycles. The summed E-state index contributed by atoms with van der Waals surface area (Å²) in [5.41, 5.74) is 0.738. The average Bonchev–Trinajstić information content (AvgIpc) is 2.86. The number of nitrogens with zero attached hydrogens (tertiary/aromatic N) is 2. The predicted molar refractivity (Wildman–Crippen MR) is 70.1 cm³/mol. The van der Waals surface area contributed by atoms with Crippen molar-refractivity contribution in [1.29, 1.82) is 0 Å². The van der Waals surface area contributed by atoms with E-state index in [9.17, 15) is 9.90 Å². The Hall–Kier alpha value is -1.69. The fraction of sp³-hybridized carbons (Fsp3) is 0.333. The molecule has 3 rings (SSSR count). The molecule has 18 heavy (non-hydrogen) atoms. The van der Waals surface area contributed by atoms with E-state index in [2.05, 4.69) is 4.98 Å². The van der Waals surface area contributed by atoms with E-state index in [-0.39, 0.29) is 0 Å². The van der Waals surface area contributed by atoms with Crippen LogP contribution in [0, 0.1) is 0 Å². The highest BCUT2D eigenvalue weighted by atomic mass is 32.2. The summed E-state index contributed by atoms with van der Waals surface area (Å²) in [7, 11) is 0. The highest BCUT2D eigenvalue weighted by molar-refractivity contribution is 7.99. The molecule has 5 nitrogen and oxygen atoms in total. The van der Waals surface area contributed by atoms with Crippen LogP contribution in [-0.2, 0) is 4.79 Å². The normalized spacial score (nSPS) is 20.2. The number of carboxylic acid groups (broad SMARTS) is 1. The van der Waals surface area contributed by atoms with Crippen LogP contribution in [0.15, 0.2) is 29.0 Å². The Balaban J connectivity index is 2.06. The quantitative estimate of drug-likeness (QED) is 0.892. The van der Waals surface area contributed by atoms with Gasteiger partial charge in [0.2, 0.25) is 0 Å². The van der Waals surface area contributed by atoms with E-state index in [1.807, 2.05) is 11.0 Å². The molecular formula is C12H12N2O3S. The van der Waals surface area contributed by atoms with Gasteiger partial charge in [-0.15, -0.1) is 0 Å². The van der Waals surface area contributed by atoms with Gasteiger partial charge in [-0.2, -0.15) is 11.8 Å². The molecule has 0 aliphatic carbocycles. The van der Waals surface area contributed by atoms with Gasteiger partial charge in [-0.05, 0) is 12.1 Å². The maximum absolute atomic E-state index is 11.3. The first-order valence-corrected chi connectivity index (χ1v) is 6.82. The van der Waals surface area contributed by atoms with Gasteiger partial charge in [0.05, 0.1) is 11.6 Å². The van der Waals surface area contributed by atoms with Gasteiger partial charge in [0.25, 0.3) is 0 Å². The molecule has 1 saturated heterocycles. The van der Waals surface area contributed by atoms with Crippen LogP contribution >= 0.6 is 11.8 Å². The number of hydrogen-bond donors (Lipinski definition) is 1. The van der Waals surface area contributed by atoms with E-state index in [1.54, 1.807) is 30.3 Å². The molecule has 6 heteroatoms. The number of thioether (sulfide) groups is 1. The van der Waals surface area contributed by atoms with Crippen LogP contribution in [0.25, 0.3) is 11.0 Å². The van der Waals surface area contributed by atoms with Gasteiger partial charge in [-0.3, -0.25) is 0 Å². The molecular weight excluding hydrogens is 252 g/mol. The molecule has 0 amide bonds. The number of pyridine rings is 1. The van der Waals surface area contributed by atoms with Crippen LogP contribution in [-0.4, -0.2) is 40.2 Å². The van der Waals surface area contributed by atoms with Crippen LogP contribution in [0.3, 0.4) is 0 Å². The van der Waals surface area contributed by atoms with Crippen LogP contribution in [0.2, 0.25) is 0 Å². The number of fused-ring (bicyclic) bond motifs is 1. The lowest BCUT2D eigenvalue weighted by atomic mass is 10.2. The van der Waals surface area contributed by atoms with Gasteiger partial charge in [0.1, 0.15) is 17.4 Å². The second kappa shape index (κ2) is 4.53.